The molecule has 0 bridgehead atoms. The molecule has 1 aromatic carbocycles. The lowest BCUT2D eigenvalue weighted by molar-refractivity contribution is -0.120. The largest absolute Gasteiger partial charge is 0.312 e. The molecule has 1 rings (SSSR count). The summed E-state index contributed by atoms with van der Waals surface area (Å²) in [5.41, 5.74) is 0.685. The van der Waals surface area contributed by atoms with Gasteiger partial charge in [-0.1, -0.05) is 27.7 Å². The normalized spacial score (nSPS) is 11.5. The van der Waals surface area contributed by atoms with Crippen LogP contribution in [0.5, 0.6) is 0 Å². The maximum atomic E-state index is 13.3. The monoisotopic (exact) mass is 329 g/mol. The molecule has 1 aromatic rings. The Morgan fingerprint density at radius 3 is 2.47 bits per heavy atom. The van der Waals surface area contributed by atoms with Gasteiger partial charge in [-0.25, -0.2) is 4.39 Å². The van der Waals surface area contributed by atoms with E-state index in [2.05, 4.69) is 15.9 Å². The van der Waals surface area contributed by atoms with Gasteiger partial charge in [0.2, 0.25) is 5.91 Å². The molecule has 0 unspecified atom stereocenters. The average Bonchev–Trinajstić information content (AvgIpc) is 2.27. The molecule has 0 heterocycles. The van der Waals surface area contributed by atoms with Gasteiger partial charge in [-0.2, -0.15) is 0 Å². The van der Waals surface area contributed by atoms with E-state index in [0.29, 0.717) is 17.4 Å². The Balaban J connectivity index is 2.99. The van der Waals surface area contributed by atoms with Gasteiger partial charge < -0.3 is 4.90 Å². The van der Waals surface area contributed by atoms with Gasteiger partial charge in [-0.15, -0.1) is 0 Å². The number of carbonyl (C=O) groups is 1. The van der Waals surface area contributed by atoms with Crippen molar-refractivity contribution in [3.8, 4) is 0 Å². The van der Waals surface area contributed by atoms with Gasteiger partial charge in [0.05, 0.1) is 4.47 Å². The Bertz CT molecular complexity index is 454. The Labute approximate surface area is 123 Å². The van der Waals surface area contributed by atoms with Crippen LogP contribution >= 0.6 is 15.9 Å². The third-order valence-electron chi connectivity index (χ3n) is 2.64. The highest BCUT2D eigenvalue weighted by molar-refractivity contribution is 9.10. The van der Waals surface area contributed by atoms with Gasteiger partial charge in [-0.3, -0.25) is 4.79 Å². The van der Waals surface area contributed by atoms with Crippen molar-refractivity contribution in [2.45, 2.75) is 40.5 Å². The van der Waals surface area contributed by atoms with Gasteiger partial charge in [0.15, 0.2) is 0 Å². The topological polar surface area (TPSA) is 20.3 Å². The fourth-order valence-electron chi connectivity index (χ4n) is 1.82. The van der Waals surface area contributed by atoms with E-state index in [0.717, 1.165) is 12.1 Å². The molecule has 0 saturated heterocycles. The van der Waals surface area contributed by atoms with Gasteiger partial charge in [0.25, 0.3) is 0 Å². The van der Waals surface area contributed by atoms with Crippen LogP contribution in [-0.2, 0) is 4.79 Å². The number of hydrogen-bond acceptors (Lipinski definition) is 1. The molecule has 0 aliphatic heterocycles. The van der Waals surface area contributed by atoms with Crippen molar-refractivity contribution in [1.29, 1.82) is 0 Å². The first-order valence-electron chi connectivity index (χ1n) is 6.50. The molecule has 2 nitrogen and oxygen atoms in total. The van der Waals surface area contributed by atoms with Crippen LogP contribution in [0.1, 0.15) is 40.5 Å². The van der Waals surface area contributed by atoms with Crippen LogP contribution < -0.4 is 4.90 Å². The van der Waals surface area contributed by atoms with Crippen molar-refractivity contribution in [3.05, 3.63) is 28.5 Å². The summed E-state index contributed by atoms with van der Waals surface area (Å²) in [7, 11) is 0. The third kappa shape index (κ3) is 4.94. The lowest BCUT2D eigenvalue weighted by Crippen LogP contribution is -2.34. The Kier molecular flexibility index (Phi) is 5.53. The highest BCUT2D eigenvalue weighted by Gasteiger charge is 2.22. The van der Waals surface area contributed by atoms with Crippen LogP contribution in [-0.4, -0.2) is 12.5 Å². The molecule has 0 fully saturated rings. The Morgan fingerprint density at radius 2 is 2.00 bits per heavy atom. The minimum atomic E-state index is -0.316. The molecule has 4 heteroatoms. The minimum absolute atomic E-state index is 0.0552. The van der Waals surface area contributed by atoms with E-state index in [4.69, 9.17) is 0 Å². The summed E-state index contributed by atoms with van der Waals surface area (Å²) in [6.07, 6.45) is 1.34. The molecule has 106 valence electrons. The second-order valence-electron chi connectivity index (χ2n) is 5.88. The van der Waals surface area contributed by atoms with Gasteiger partial charge in [0, 0.05) is 18.7 Å². The standard InChI is InChI=1S/C15H21BrFNO/c1-5-8-18(14(19)10-15(2,3)4)11-6-7-13(17)12(16)9-11/h6-7,9H,5,8,10H2,1-4H3. The zero-order valence-electron chi connectivity index (χ0n) is 12.0. The zero-order chi connectivity index (χ0) is 14.6. The summed E-state index contributed by atoms with van der Waals surface area (Å²) in [5, 5.41) is 0. The van der Waals surface area contributed by atoms with E-state index < -0.39 is 0 Å². The fourth-order valence-corrected chi connectivity index (χ4v) is 2.19. The van der Waals surface area contributed by atoms with E-state index >= 15 is 0 Å². The number of benzene rings is 1. The number of rotatable bonds is 4. The molecule has 19 heavy (non-hydrogen) atoms. The Morgan fingerprint density at radius 1 is 1.37 bits per heavy atom. The molecule has 0 saturated carbocycles. The summed E-state index contributed by atoms with van der Waals surface area (Å²) >= 11 is 3.16. The third-order valence-corrected chi connectivity index (χ3v) is 3.25. The molecule has 0 aliphatic rings. The van der Waals surface area contributed by atoms with Crippen molar-refractivity contribution in [2.75, 3.05) is 11.4 Å². The van der Waals surface area contributed by atoms with Crippen LogP contribution in [0.15, 0.2) is 22.7 Å². The maximum Gasteiger partial charge on any atom is 0.227 e. The molecule has 0 radical (unpaired) electrons. The molecule has 1 amide bonds. The van der Waals surface area contributed by atoms with E-state index in [-0.39, 0.29) is 17.1 Å². The average molecular weight is 330 g/mol. The molecular formula is C15H21BrFNO. The highest BCUT2D eigenvalue weighted by atomic mass is 79.9. The summed E-state index contributed by atoms with van der Waals surface area (Å²) in [5.74, 6) is -0.240. The number of amides is 1. The van der Waals surface area contributed by atoms with E-state index in [1.165, 1.54) is 6.07 Å². The van der Waals surface area contributed by atoms with Crippen LogP contribution in [0, 0.1) is 11.2 Å². The van der Waals surface area contributed by atoms with Crippen molar-refractivity contribution < 1.29 is 9.18 Å². The second-order valence-corrected chi connectivity index (χ2v) is 6.74. The quantitative estimate of drug-likeness (QED) is 0.779. The fraction of sp³-hybridized carbons (Fsp3) is 0.533. The number of nitrogens with zero attached hydrogens (tertiary/aromatic N) is 1. The molecule has 0 spiro atoms. The minimum Gasteiger partial charge on any atom is -0.312 e. The smallest absolute Gasteiger partial charge is 0.227 e. The van der Waals surface area contributed by atoms with Crippen LogP contribution in [0.4, 0.5) is 10.1 Å². The van der Waals surface area contributed by atoms with Crippen molar-refractivity contribution in [3.63, 3.8) is 0 Å². The lowest BCUT2D eigenvalue weighted by Gasteiger charge is -2.26. The van der Waals surface area contributed by atoms with Gasteiger partial charge in [-0.05, 0) is 46.0 Å². The SMILES string of the molecule is CCCN(C(=O)CC(C)(C)C)c1ccc(F)c(Br)c1. The first-order chi connectivity index (χ1) is 8.74. The second kappa shape index (κ2) is 6.51. The zero-order valence-corrected chi connectivity index (χ0v) is 13.6. The number of halogens is 2. The molecular weight excluding hydrogens is 309 g/mol. The van der Waals surface area contributed by atoms with Gasteiger partial charge in [0.1, 0.15) is 5.82 Å². The first kappa shape index (κ1) is 16.2. The number of carbonyl (C=O) groups excluding carboxylic acids is 1. The van der Waals surface area contributed by atoms with Crippen molar-refractivity contribution in [2.24, 2.45) is 5.41 Å². The molecule has 0 aromatic heterocycles. The molecule has 0 aliphatic carbocycles. The highest BCUT2D eigenvalue weighted by Crippen LogP contribution is 2.26. The van der Waals surface area contributed by atoms with Crippen molar-refractivity contribution in [1.82, 2.24) is 0 Å². The Hall–Kier alpha value is -0.900. The molecule has 0 atom stereocenters. The predicted molar refractivity (Wildman–Crippen MR) is 80.8 cm³/mol. The first-order valence-corrected chi connectivity index (χ1v) is 7.29. The number of anilines is 1. The lowest BCUT2D eigenvalue weighted by atomic mass is 9.91. The summed E-state index contributed by atoms with van der Waals surface area (Å²) in [6, 6.07) is 4.69. The van der Waals surface area contributed by atoms with Gasteiger partial charge >= 0.3 is 0 Å². The molecule has 0 N–H and O–H groups in total. The number of hydrogen-bond donors (Lipinski definition) is 0. The van der Waals surface area contributed by atoms with E-state index in [1.54, 1.807) is 17.0 Å². The van der Waals surface area contributed by atoms with E-state index in [9.17, 15) is 9.18 Å². The van der Waals surface area contributed by atoms with Crippen molar-refractivity contribution >= 4 is 27.5 Å². The maximum absolute atomic E-state index is 13.3. The van der Waals surface area contributed by atoms with E-state index in [1.807, 2.05) is 27.7 Å². The summed E-state index contributed by atoms with van der Waals surface area (Å²) in [6.45, 7) is 8.78. The summed E-state index contributed by atoms with van der Waals surface area (Å²) < 4.78 is 13.7. The predicted octanol–water partition coefficient (Wildman–Crippen LogP) is 4.77. The van der Waals surface area contributed by atoms with Crippen LogP contribution in [0.25, 0.3) is 0 Å². The van der Waals surface area contributed by atoms with Crippen LogP contribution in [0.3, 0.4) is 0 Å². The summed E-state index contributed by atoms with van der Waals surface area (Å²) in [4.78, 5) is 14.1. The van der Waals surface area contributed by atoms with Crippen LogP contribution in [0.2, 0.25) is 0 Å².